The van der Waals surface area contributed by atoms with E-state index in [1.807, 2.05) is 0 Å². The third-order valence-electron chi connectivity index (χ3n) is 10.2. The fourth-order valence-electron chi connectivity index (χ4n) is 6.33. The Hall–Kier alpha value is -2.26. The summed E-state index contributed by atoms with van der Waals surface area (Å²) < 4.78 is 22.3. The maximum atomic E-state index is 12.1. The standard InChI is InChI=1S/C50H92N2O6/c1-5-7-9-11-13-15-17-19-21-23-25-27-29-31-33-37-49(53)57-43-35-39-51(3)41-45-55-47-48-56-46-42-52(4)40-36-44-58-50(54)38-34-32-30-28-26-24-22-20-18-16-14-12-10-8-6-2/h13-16,19-22H,5-12,17-18,23-48H2,1-4H3/b15-13+,16-14+,21-19+,22-20+. The van der Waals surface area contributed by atoms with Gasteiger partial charge in [-0.2, -0.15) is 0 Å². The topological polar surface area (TPSA) is 77.5 Å². The van der Waals surface area contributed by atoms with Gasteiger partial charge in [-0.05, 0) is 104 Å². The average molecular weight is 817 g/mol. The van der Waals surface area contributed by atoms with E-state index in [1.165, 1.54) is 89.9 Å². The average Bonchev–Trinajstić information content (AvgIpc) is 3.22. The summed E-state index contributed by atoms with van der Waals surface area (Å²) in [5.74, 6) is -0.135. The second kappa shape index (κ2) is 47.4. The number of ether oxygens (including phenoxy) is 4. The Labute approximate surface area is 358 Å². The molecule has 0 rings (SSSR count). The summed E-state index contributed by atoms with van der Waals surface area (Å²) in [7, 11) is 4.14. The summed E-state index contributed by atoms with van der Waals surface area (Å²) in [6, 6.07) is 0. The first-order valence-electron chi connectivity index (χ1n) is 23.9. The molecule has 0 aromatic rings. The monoisotopic (exact) mass is 817 g/mol. The predicted molar refractivity (Wildman–Crippen MR) is 246 cm³/mol. The van der Waals surface area contributed by atoms with Gasteiger partial charge < -0.3 is 28.7 Å². The molecular weight excluding hydrogens is 725 g/mol. The Morgan fingerprint density at radius 1 is 0.379 bits per heavy atom. The molecule has 0 atom stereocenters. The van der Waals surface area contributed by atoms with Crippen LogP contribution in [0.4, 0.5) is 0 Å². The van der Waals surface area contributed by atoms with Gasteiger partial charge in [0.05, 0.1) is 39.6 Å². The molecule has 0 aliphatic rings. The van der Waals surface area contributed by atoms with Gasteiger partial charge in [0, 0.05) is 39.0 Å². The highest BCUT2D eigenvalue weighted by Crippen LogP contribution is 2.10. The van der Waals surface area contributed by atoms with Crippen molar-refractivity contribution in [2.24, 2.45) is 0 Å². The van der Waals surface area contributed by atoms with Crippen molar-refractivity contribution >= 4 is 11.9 Å². The molecule has 0 heterocycles. The van der Waals surface area contributed by atoms with Gasteiger partial charge in [0.25, 0.3) is 0 Å². The molecule has 0 saturated carbocycles. The van der Waals surface area contributed by atoms with Crippen LogP contribution >= 0.6 is 0 Å². The fourth-order valence-corrected chi connectivity index (χ4v) is 6.33. The molecule has 0 aliphatic carbocycles. The van der Waals surface area contributed by atoms with Crippen LogP contribution in [0.1, 0.15) is 181 Å². The zero-order chi connectivity index (χ0) is 42.3. The highest BCUT2D eigenvalue weighted by Gasteiger charge is 2.06. The Morgan fingerprint density at radius 3 is 1.10 bits per heavy atom. The molecule has 0 aliphatic heterocycles. The van der Waals surface area contributed by atoms with Crippen molar-refractivity contribution in [3.63, 3.8) is 0 Å². The summed E-state index contributed by atoms with van der Waals surface area (Å²) in [5, 5.41) is 0. The first-order chi connectivity index (χ1) is 28.5. The first-order valence-corrected chi connectivity index (χ1v) is 23.9. The van der Waals surface area contributed by atoms with Gasteiger partial charge >= 0.3 is 11.9 Å². The molecule has 0 radical (unpaired) electrons. The minimum atomic E-state index is -0.0677. The Morgan fingerprint density at radius 2 is 0.724 bits per heavy atom. The molecule has 0 bridgehead atoms. The van der Waals surface area contributed by atoms with Crippen molar-refractivity contribution in [3.05, 3.63) is 48.6 Å². The van der Waals surface area contributed by atoms with Crippen molar-refractivity contribution in [1.29, 1.82) is 0 Å². The Bertz CT molecular complexity index is 919. The lowest BCUT2D eigenvalue weighted by Crippen LogP contribution is -2.27. The summed E-state index contributed by atoms with van der Waals surface area (Å²) in [5.41, 5.74) is 0. The first kappa shape index (κ1) is 55.7. The zero-order valence-electron chi connectivity index (χ0n) is 38.4. The lowest BCUT2D eigenvalue weighted by molar-refractivity contribution is -0.144. The number of carbonyl (C=O) groups excluding carboxylic acids is 2. The zero-order valence-corrected chi connectivity index (χ0v) is 38.4. The summed E-state index contributed by atoms with van der Waals surface area (Å²) in [6.45, 7) is 11.3. The second-order valence-corrected chi connectivity index (χ2v) is 15.9. The lowest BCUT2D eigenvalue weighted by Gasteiger charge is -2.17. The largest absolute Gasteiger partial charge is 0.466 e. The number of esters is 2. The van der Waals surface area contributed by atoms with E-state index in [-0.39, 0.29) is 11.9 Å². The Balaban J connectivity index is 3.45. The van der Waals surface area contributed by atoms with Gasteiger partial charge in [-0.3, -0.25) is 9.59 Å². The van der Waals surface area contributed by atoms with Gasteiger partial charge in [0.1, 0.15) is 0 Å². The third-order valence-corrected chi connectivity index (χ3v) is 10.2. The van der Waals surface area contributed by atoms with E-state index in [0.717, 1.165) is 90.4 Å². The molecule has 0 unspecified atom stereocenters. The number of nitrogens with zero attached hydrogens (tertiary/aromatic N) is 2. The number of carbonyl (C=O) groups is 2. The summed E-state index contributed by atoms with van der Waals surface area (Å²) >= 11 is 0. The van der Waals surface area contributed by atoms with Crippen LogP contribution in [-0.4, -0.2) is 102 Å². The summed E-state index contributed by atoms with van der Waals surface area (Å²) in [6.07, 6.45) is 47.1. The van der Waals surface area contributed by atoms with Crippen molar-refractivity contribution in [1.82, 2.24) is 9.80 Å². The predicted octanol–water partition coefficient (Wildman–Crippen LogP) is 12.4. The van der Waals surface area contributed by atoms with Crippen molar-refractivity contribution in [2.75, 3.05) is 79.9 Å². The van der Waals surface area contributed by atoms with Crippen molar-refractivity contribution in [2.45, 2.75) is 181 Å². The molecule has 0 fully saturated rings. The molecule has 0 aromatic carbocycles. The number of hydrogen-bond donors (Lipinski definition) is 0. The molecule has 0 amide bonds. The lowest BCUT2D eigenvalue weighted by atomic mass is 10.1. The highest BCUT2D eigenvalue weighted by atomic mass is 16.5. The molecule has 58 heavy (non-hydrogen) atoms. The van der Waals surface area contributed by atoms with Crippen LogP contribution in [0.3, 0.4) is 0 Å². The van der Waals surface area contributed by atoms with Crippen LogP contribution < -0.4 is 0 Å². The van der Waals surface area contributed by atoms with Gasteiger partial charge in [-0.1, -0.05) is 127 Å². The molecule has 338 valence electrons. The van der Waals surface area contributed by atoms with Crippen LogP contribution in [0.25, 0.3) is 0 Å². The number of unbranched alkanes of at least 4 members (excludes halogenated alkanes) is 16. The van der Waals surface area contributed by atoms with Gasteiger partial charge in [0.2, 0.25) is 0 Å². The highest BCUT2D eigenvalue weighted by molar-refractivity contribution is 5.69. The van der Waals surface area contributed by atoms with Crippen LogP contribution in [0.5, 0.6) is 0 Å². The molecule has 0 N–H and O–H groups in total. The van der Waals surface area contributed by atoms with E-state index < -0.39 is 0 Å². The SMILES string of the molecule is CCCCC/C=C/C/C=C/CCCCCCCC(=O)OCCCN(C)CCOCCOCCN(C)CCCOC(=O)CCCCCCC/C=C/C/C=C/CCCCC. The van der Waals surface area contributed by atoms with Crippen molar-refractivity contribution in [3.8, 4) is 0 Å². The molecular formula is C50H92N2O6. The Kier molecular flexibility index (Phi) is 45.6. The van der Waals surface area contributed by atoms with E-state index >= 15 is 0 Å². The van der Waals surface area contributed by atoms with E-state index in [9.17, 15) is 9.59 Å². The van der Waals surface area contributed by atoms with Crippen LogP contribution in [0, 0.1) is 0 Å². The second-order valence-electron chi connectivity index (χ2n) is 15.9. The summed E-state index contributed by atoms with van der Waals surface area (Å²) in [4.78, 5) is 28.5. The molecule has 8 heteroatoms. The minimum Gasteiger partial charge on any atom is -0.466 e. The fraction of sp³-hybridized carbons (Fsp3) is 0.800. The van der Waals surface area contributed by atoms with E-state index in [2.05, 4.69) is 86.4 Å². The van der Waals surface area contributed by atoms with E-state index in [4.69, 9.17) is 18.9 Å². The normalized spacial score (nSPS) is 12.2. The van der Waals surface area contributed by atoms with E-state index in [0.29, 0.717) is 52.5 Å². The minimum absolute atomic E-state index is 0.0677. The van der Waals surface area contributed by atoms with Gasteiger partial charge in [0.15, 0.2) is 0 Å². The molecule has 0 aromatic heterocycles. The van der Waals surface area contributed by atoms with Gasteiger partial charge in [-0.15, -0.1) is 0 Å². The van der Waals surface area contributed by atoms with Crippen LogP contribution in [0.15, 0.2) is 48.6 Å². The quantitative estimate of drug-likeness (QED) is 0.0342. The number of likely N-dealkylation sites (N-methyl/N-ethyl adjacent to an activating group) is 2. The maximum Gasteiger partial charge on any atom is 0.305 e. The number of allylic oxidation sites excluding steroid dienone is 8. The maximum absolute atomic E-state index is 12.1. The van der Waals surface area contributed by atoms with Gasteiger partial charge in [-0.25, -0.2) is 0 Å². The van der Waals surface area contributed by atoms with E-state index in [1.54, 1.807) is 0 Å². The van der Waals surface area contributed by atoms with Crippen molar-refractivity contribution < 1.29 is 28.5 Å². The third kappa shape index (κ3) is 46.4. The van der Waals surface area contributed by atoms with Crippen LogP contribution in [-0.2, 0) is 28.5 Å². The number of hydrogen-bond acceptors (Lipinski definition) is 8. The molecule has 0 saturated heterocycles. The molecule has 8 nitrogen and oxygen atoms in total. The van der Waals surface area contributed by atoms with Crippen LogP contribution in [0.2, 0.25) is 0 Å². The molecule has 0 spiro atoms. The number of rotatable bonds is 45. The smallest absolute Gasteiger partial charge is 0.305 e.